The summed E-state index contributed by atoms with van der Waals surface area (Å²) in [5.74, 6) is 0.211. The van der Waals surface area contributed by atoms with E-state index in [0.29, 0.717) is 0 Å². The van der Waals surface area contributed by atoms with E-state index >= 15 is 0 Å². The summed E-state index contributed by atoms with van der Waals surface area (Å²) in [7, 11) is 0. The van der Waals surface area contributed by atoms with Crippen LogP contribution in [-0.2, 0) is 46.4 Å². The van der Waals surface area contributed by atoms with Crippen LogP contribution in [0.25, 0.3) is 16.7 Å². The van der Waals surface area contributed by atoms with E-state index in [2.05, 4.69) is 212 Å². The molecule has 0 heterocycles. The second-order valence-corrected chi connectivity index (χ2v) is 34.1. The van der Waals surface area contributed by atoms with Crippen LogP contribution in [0.4, 0.5) is 0 Å². The van der Waals surface area contributed by atoms with Crippen LogP contribution in [0, 0.1) is 5.92 Å². The Bertz CT molecular complexity index is 2400. The molecule has 58 heavy (non-hydrogen) atoms. The van der Waals surface area contributed by atoms with Crippen molar-refractivity contribution >= 4 is 44.4 Å². The Morgan fingerprint density at radius 3 is 1.45 bits per heavy atom. The summed E-state index contributed by atoms with van der Waals surface area (Å²) in [6.45, 7) is 33.0. The summed E-state index contributed by atoms with van der Waals surface area (Å²) in [6, 6.07) is 43.4. The number of hydrogen-bond donors (Lipinski definition) is 0. The SMILES string of the molecule is Cl.Cl.[CH2]=[Zr]([C]1=C(C)C(c2ccccc2)=CC1C)([c]1ccc(C(C)(C)C)cc1)([c]1ccc(C(C)(C)C)cc1)[c]1cc(C(C)(C)C)cc2c1Cc1ccc(C(C)(C)C)cc1-2. The number of allylic oxidation sites excluding steroid dienone is 4. The molecule has 0 bridgehead atoms. The molecule has 0 nitrogen and oxygen atoms in total. The second-order valence-electron chi connectivity index (χ2n) is 21.5. The Morgan fingerprint density at radius 2 is 0.983 bits per heavy atom. The molecule has 0 aliphatic heterocycles. The average Bonchev–Trinajstić information content (AvgIpc) is 3.66. The molecule has 2 aliphatic carbocycles. The van der Waals surface area contributed by atoms with Crippen LogP contribution in [0.2, 0.25) is 0 Å². The van der Waals surface area contributed by atoms with Crippen LogP contribution < -0.4 is 9.81 Å². The molecule has 1 unspecified atom stereocenters. The summed E-state index contributed by atoms with van der Waals surface area (Å²) in [5.41, 5.74) is 15.4. The summed E-state index contributed by atoms with van der Waals surface area (Å²) in [5, 5.41) is 0. The number of benzene rings is 5. The number of halogens is 2. The molecule has 3 heteroatoms. The summed E-state index contributed by atoms with van der Waals surface area (Å²) in [6.07, 6.45) is 3.48. The van der Waals surface area contributed by atoms with E-state index < -0.39 is 18.3 Å². The Morgan fingerprint density at radius 1 is 0.534 bits per heavy atom. The fraction of sp³-hybridized carbons (Fsp3) is 0.364. The molecule has 0 spiro atoms. The Hall–Kier alpha value is -3.09. The first-order valence-corrected chi connectivity index (χ1v) is 27.6. The van der Waals surface area contributed by atoms with E-state index in [1.165, 1.54) is 71.0 Å². The topological polar surface area (TPSA) is 0 Å². The van der Waals surface area contributed by atoms with Gasteiger partial charge in [0.15, 0.2) is 0 Å². The van der Waals surface area contributed by atoms with Gasteiger partial charge in [0.25, 0.3) is 0 Å². The predicted octanol–water partition coefficient (Wildman–Crippen LogP) is 13.7. The van der Waals surface area contributed by atoms with E-state index in [1.54, 1.807) is 3.28 Å². The first-order chi connectivity index (χ1) is 25.9. The molecule has 0 amide bonds. The molecule has 7 rings (SSSR count). The van der Waals surface area contributed by atoms with Gasteiger partial charge < -0.3 is 0 Å². The Balaban J connectivity index is 0.00000320. The molecule has 2 aliphatic rings. The van der Waals surface area contributed by atoms with Crippen LogP contribution in [-0.4, -0.2) is 4.21 Å². The van der Waals surface area contributed by atoms with Gasteiger partial charge in [-0.2, -0.15) is 0 Å². The van der Waals surface area contributed by atoms with Crippen LogP contribution in [0.1, 0.15) is 136 Å². The van der Waals surface area contributed by atoms with Crippen molar-refractivity contribution in [2.75, 3.05) is 0 Å². The zero-order valence-electron chi connectivity index (χ0n) is 37.8. The van der Waals surface area contributed by atoms with Crippen molar-refractivity contribution in [3.05, 3.63) is 163 Å². The van der Waals surface area contributed by atoms with E-state index in [4.69, 9.17) is 4.21 Å². The zero-order valence-corrected chi connectivity index (χ0v) is 41.9. The van der Waals surface area contributed by atoms with Crippen LogP contribution in [0.5, 0.6) is 0 Å². The quantitative estimate of drug-likeness (QED) is 0.162. The van der Waals surface area contributed by atoms with Crippen LogP contribution >= 0.6 is 24.8 Å². The van der Waals surface area contributed by atoms with Crippen molar-refractivity contribution in [3.63, 3.8) is 0 Å². The molecular formula is C55H68Cl2Zr. The van der Waals surface area contributed by atoms with Crippen molar-refractivity contribution < 1.29 is 18.3 Å². The molecule has 0 N–H and O–H groups in total. The van der Waals surface area contributed by atoms with E-state index in [0.717, 1.165) is 6.42 Å². The minimum absolute atomic E-state index is 0. The maximum absolute atomic E-state index is 6.05. The molecule has 306 valence electrons. The van der Waals surface area contributed by atoms with Crippen LogP contribution in [0.3, 0.4) is 0 Å². The Kier molecular flexibility index (Phi) is 12.2. The first-order valence-electron chi connectivity index (χ1n) is 21.0. The average molecular weight is 891 g/mol. The summed E-state index contributed by atoms with van der Waals surface area (Å²) >= 11 is -5.26. The third-order valence-corrected chi connectivity index (χ3v) is 30.4. The van der Waals surface area contributed by atoms with Crippen molar-refractivity contribution in [1.82, 2.24) is 0 Å². The first kappa shape index (κ1) is 46.0. The van der Waals surface area contributed by atoms with Gasteiger partial charge in [-0.05, 0) is 0 Å². The molecule has 0 fully saturated rings. The fourth-order valence-corrected chi connectivity index (χ4v) is 27.5. The van der Waals surface area contributed by atoms with Gasteiger partial charge in [0.1, 0.15) is 0 Å². The maximum atomic E-state index is 6.05. The van der Waals surface area contributed by atoms with E-state index in [9.17, 15) is 0 Å². The zero-order chi connectivity index (χ0) is 40.8. The summed E-state index contributed by atoms with van der Waals surface area (Å²) < 4.78 is 12.0. The minimum atomic E-state index is -5.26. The van der Waals surface area contributed by atoms with Gasteiger partial charge in [-0.25, -0.2) is 0 Å². The normalized spacial score (nSPS) is 16.0. The third kappa shape index (κ3) is 7.50. The molecule has 0 aromatic heterocycles. The van der Waals surface area contributed by atoms with Crippen molar-refractivity contribution in [2.24, 2.45) is 5.92 Å². The molecule has 0 saturated heterocycles. The van der Waals surface area contributed by atoms with Crippen molar-refractivity contribution in [1.29, 1.82) is 0 Å². The van der Waals surface area contributed by atoms with Gasteiger partial charge in [0.2, 0.25) is 0 Å². The molecule has 1 atom stereocenters. The molecule has 5 aromatic rings. The number of rotatable bonds is 5. The second kappa shape index (κ2) is 15.4. The van der Waals surface area contributed by atoms with E-state index in [-0.39, 0.29) is 52.4 Å². The predicted molar refractivity (Wildman–Crippen MR) is 259 cm³/mol. The van der Waals surface area contributed by atoms with Gasteiger partial charge >= 0.3 is 343 Å². The monoisotopic (exact) mass is 888 g/mol. The van der Waals surface area contributed by atoms with Crippen molar-refractivity contribution in [3.8, 4) is 11.1 Å². The van der Waals surface area contributed by atoms with Gasteiger partial charge in [0, 0.05) is 0 Å². The third-order valence-electron chi connectivity index (χ3n) is 13.5. The molecular weight excluding hydrogens is 823 g/mol. The fourth-order valence-electron chi connectivity index (χ4n) is 10.1. The molecule has 5 aromatic carbocycles. The Labute approximate surface area is 365 Å². The van der Waals surface area contributed by atoms with E-state index in [1.807, 2.05) is 0 Å². The number of hydrogen-bond acceptors (Lipinski definition) is 0. The molecule has 0 radical (unpaired) electrons. The summed E-state index contributed by atoms with van der Waals surface area (Å²) in [4.78, 5) is 0. The van der Waals surface area contributed by atoms with Crippen molar-refractivity contribution in [2.45, 2.75) is 125 Å². The number of fused-ring (bicyclic) bond motifs is 3. The molecule has 0 saturated carbocycles. The van der Waals surface area contributed by atoms with Gasteiger partial charge in [0.05, 0.1) is 0 Å². The van der Waals surface area contributed by atoms with Gasteiger partial charge in [-0.1, -0.05) is 0 Å². The van der Waals surface area contributed by atoms with Crippen LogP contribution in [0.15, 0.2) is 124 Å². The van der Waals surface area contributed by atoms with Gasteiger partial charge in [-0.3, -0.25) is 0 Å². The van der Waals surface area contributed by atoms with Gasteiger partial charge in [-0.15, -0.1) is 24.8 Å². The standard InChI is InChI=1S/C21H25.C13H13.2C10H13.CH2.2ClH.Zr/c1-20(2,3)16-9-7-14-11-15-8-10-17(21(4,5)6)13-19(15)18(14)12-16;1-10-8-11(2)13(9-10)12-6-4-3-5-7-12;2*1-10(2,3)9-7-5-4-6-8-9;;;;/h7,9-10,12-13H,11H2,1-6H3;3-7,9-10H,1-2H3;2*5-8H,1-3H3;1H2;2*1H;.